The van der Waals surface area contributed by atoms with E-state index in [1.54, 1.807) is 0 Å². The largest absolute Gasteiger partial charge is 0.459 e. The molecule has 4 rings (SSSR count). The standard InChI is InChI=1S/C25H30N4O2.HI/c1-3-26-25(28(2)18-22-15-19-9-6-7-12-23(19)31-22)27-14-8-13-24(30)29-16-20-10-4-5-11-21(20)17-29;/h4-7,9-12,15H,3,8,13-14,16-18H2,1-2H3,(H,26,27);1H. The van der Waals surface area contributed by atoms with Crippen molar-refractivity contribution in [3.05, 3.63) is 71.5 Å². The van der Waals surface area contributed by atoms with Crippen molar-refractivity contribution in [1.82, 2.24) is 15.1 Å². The number of furan rings is 1. The van der Waals surface area contributed by atoms with Crippen molar-refractivity contribution in [2.45, 2.75) is 39.4 Å². The van der Waals surface area contributed by atoms with Gasteiger partial charge in [0.05, 0.1) is 6.54 Å². The third-order valence-electron chi connectivity index (χ3n) is 5.57. The van der Waals surface area contributed by atoms with Gasteiger partial charge in [-0.3, -0.25) is 9.79 Å². The van der Waals surface area contributed by atoms with Gasteiger partial charge in [0.15, 0.2) is 5.96 Å². The lowest BCUT2D eigenvalue weighted by Gasteiger charge is -2.21. The lowest BCUT2D eigenvalue weighted by atomic mass is 10.1. The van der Waals surface area contributed by atoms with Crippen molar-refractivity contribution in [2.24, 2.45) is 4.99 Å². The lowest BCUT2D eigenvalue weighted by molar-refractivity contribution is -0.131. The molecule has 2 heterocycles. The minimum absolute atomic E-state index is 0. The van der Waals surface area contributed by atoms with Crippen LogP contribution in [0.25, 0.3) is 11.0 Å². The van der Waals surface area contributed by atoms with Crippen LogP contribution in [0.3, 0.4) is 0 Å². The topological polar surface area (TPSA) is 61.1 Å². The fourth-order valence-electron chi connectivity index (χ4n) is 3.98. The number of para-hydroxylation sites is 1. The minimum Gasteiger partial charge on any atom is -0.459 e. The number of nitrogens with zero attached hydrogens (tertiary/aromatic N) is 3. The van der Waals surface area contributed by atoms with Gasteiger partial charge in [0.2, 0.25) is 5.91 Å². The van der Waals surface area contributed by atoms with Crippen LogP contribution in [-0.4, -0.2) is 41.8 Å². The highest BCUT2D eigenvalue weighted by Gasteiger charge is 2.22. The number of aliphatic imine (C=N–C) groups is 1. The summed E-state index contributed by atoms with van der Waals surface area (Å²) in [6.45, 7) is 5.53. The Morgan fingerprint density at radius 2 is 1.81 bits per heavy atom. The molecule has 0 radical (unpaired) electrons. The monoisotopic (exact) mass is 546 g/mol. The Morgan fingerprint density at radius 1 is 1.12 bits per heavy atom. The minimum atomic E-state index is 0. The zero-order chi connectivity index (χ0) is 21.6. The van der Waals surface area contributed by atoms with Crippen LogP contribution in [0.5, 0.6) is 0 Å². The van der Waals surface area contributed by atoms with E-state index in [0.717, 1.165) is 48.7 Å². The highest BCUT2D eigenvalue weighted by Crippen LogP contribution is 2.23. The summed E-state index contributed by atoms with van der Waals surface area (Å²) in [5, 5.41) is 4.44. The Hall–Kier alpha value is -2.55. The van der Waals surface area contributed by atoms with Crippen LogP contribution >= 0.6 is 24.0 Å². The maximum absolute atomic E-state index is 12.6. The van der Waals surface area contributed by atoms with Crippen LogP contribution in [0, 0.1) is 0 Å². The second-order valence-electron chi connectivity index (χ2n) is 7.96. The molecule has 0 bridgehead atoms. The average Bonchev–Trinajstić information content (AvgIpc) is 3.39. The van der Waals surface area contributed by atoms with Crippen LogP contribution in [0.1, 0.15) is 36.7 Å². The molecule has 1 amide bonds. The fraction of sp³-hybridized carbons (Fsp3) is 0.360. The van der Waals surface area contributed by atoms with Crippen LogP contribution in [-0.2, 0) is 24.4 Å². The molecule has 170 valence electrons. The Kier molecular flexibility index (Phi) is 8.55. The summed E-state index contributed by atoms with van der Waals surface area (Å²) in [5.74, 6) is 1.93. The number of halogens is 1. The number of guanidine groups is 1. The first-order valence-corrected chi connectivity index (χ1v) is 11.0. The Morgan fingerprint density at radius 3 is 2.50 bits per heavy atom. The second-order valence-corrected chi connectivity index (χ2v) is 7.96. The third kappa shape index (κ3) is 5.82. The first kappa shape index (κ1) is 24.1. The highest BCUT2D eigenvalue weighted by atomic mass is 127. The predicted octanol–water partition coefficient (Wildman–Crippen LogP) is 4.77. The predicted molar refractivity (Wildman–Crippen MR) is 139 cm³/mol. The van der Waals surface area contributed by atoms with E-state index in [2.05, 4.69) is 41.4 Å². The third-order valence-corrected chi connectivity index (χ3v) is 5.57. The summed E-state index contributed by atoms with van der Waals surface area (Å²) in [6, 6.07) is 18.4. The van der Waals surface area contributed by atoms with Gasteiger partial charge in [0, 0.05) is 45.0 Å². The van der Waals surface area contributed by atoms with E-state index in [1.165, 1.54) is 11.1 Å². The zero-order valence-corrected chi connectivity index (χ0v) is 21.0. The van der Waals surface area contributed by atoms with Gasteiger partial charge in [-0.05, 0) is 36.6 Å². The molecule has 0 spiro atoms. The molecule has 0 aliphatic carbocycles. The second kappa shape index (κ2) is 11.4. The molecular formula is C25H31IN4O2. The van der Waals surface area contributed by atoms with Gasteiger partial charge in [-0.1, -0.05) is 42.5 Å². The number of amides is 1. The molecule has 0 atom stereocenters. The van der Waals surface area contributed by atoms with Gasteiger partial charge in [0.1, 0.15) is 11.3 Å². The van der Waals surface area contributed by atoms with E-state index >= 15 is 0 Å². The molecular weight excluding hydrogens is 515 g/mol. The van der Waals surface area contributed by atoms with Crippen molar-refractivity contribution < 1.29 is 9.21 Å². The average molecular weight is 546 g/mol. The summed E-state index contributed by atoms with van der Waals surface area (Å²) in [4.78, 5) is 21.3. The van der Waals surface area contributed by atoms with Crippen LogP contribution in [0.4, 0.5) is 0 Å². The first-order valence-electron chi connectivity index (χ1n) is 11.0. The van der Waals surface area contributed by atoms with Gasteiger partial charge in [0.25, 0.3) is 0 Å². The summed E-state index contributed by atoms with van der Waals surface area (Å²) >= 11 is 0. The number of fused-ring (bicyclic) bond motifs is 2. The van der Waals surface area contributed by atoms with Crippen molar-refractivity contribution in [3.8, 4) is 0 Å². The molecule has 1 N–H and O–H groups in total. The van der Waals surface area contributed by atoms with Gasteiger partial charge >= 0.3 is 0 Å². The van der Waals surface area contributed by atoms with E-state index in [0.29, 0.717) is 19.5 Å². The molecule has 1 aliphatic rings. The molecule has 7 heteroatoms. The van der Waals surface area contributed by atoms with Crippen LogP contribution in [0.15, 0.2) is 64.0 Å². The maximum atomic E-state index is 12.6. The highest BCUT2D eigenvalue weighted by molar-refractivity contribution is 14.0. The van der Waals surface area contributed by atoms with Gasteiger partial charge in [-0.2, -0.15) is 0 Å². The molecule has 6 nitrogen and oxygen atoms in total. The normalized spacial score (nSPS) is 13.1. The van der Waals surface area contributed by atoms with Crippen molar-refractivity contribution in [2.75, 3.05) is 20.1 Å². The van der Waals surface area contributed by atoms with Crippen LogP contribution in [0.2, 0.25) is 0 Å². The molecule has 1 aromatic heterocycles. The van der Waals surface area contributed by atoms with E-state index in [9.17, 15) is 4.79 Å². The summed E-state index contributed by atoms with van der Waals surface area (Å²) in [7, 11) is 2.00. The molecule has 0 saturated carbocycles. The molecule has 1 aliphatic heterocycles. The molecule has 3 aromatic rings. The smallest absolute Gasteiger partial charge is 0.223 e. The summed E-state index contributed by atoms with van der Waals surface area (Å²) in [5.41, 5.74) is 3.42. The lowest BCUT2D eigenvalue weighted by Crippen LogP contribution is -2.38. The molecule has 0 fully saturated rings. The Balaban J connectivity index is 0.00000289. The quantitative estimate of drug-likeness (QED) is 0.201. The molecule has 32 heavy (non-hydrogen) atoms. The number of benzene rings is 2. The van der Waals surface area contributed by atoms with E-state index < -0.39 is 0 Å². The number of nitrogens with one attached hydrogen (secondary N) is 1. The molecule has 0 saturated heterocycles. The Bertz CT molecular complexity index is 1020. The number of hydrogen-bond acceptors (Lipinski definition) is 3. The maximum Gasteiger partial charge on any atom is 0.223 e. The molecule has 2 aromatic carbocycles. The first-order chi connectivity index (χ1) is 15.1. The van der Waals surface area contributed by atoms with E-state index in [-0.39, 0.29) is 29.9 Å². The van der Waals surface area contributed by atoms with Gasteiger partial charge < -0.3 is 19.5 Å². The SMILES string of the molecule is CCNC(=NCCCC(=O)N1Cc2ccccc2C1)N(C)Cc1cc2ccccc2o1.I. The van der Waals surface area contributed by atoms with Gasteiger partial charge in [-0.15, -0.1) is 24.0 Å². The zero-order valence-electron chi connectivity index (χ0n) is 18.7. The van der Waals surface area contributed by atoms with E-state index in [1.807, 2.05) is 42.3 Å². The van der Waals surface area contributed by atoms with Crippen molar-refractivity contribution in [3.63, 3.8) is 0 Å². The fourth-order valence-corrected chi connectivity index (χ4v) is 3.98. The van der Waals surface area contributed by atoms with Gasteiger partial charge in [-0.25, -0.2) is 0 Å². The number of carbonyl (C=O) groups excluding carboxylic acids is 1. The Labute approximate surface area is 206 Å². The van der Waals surface area contributed by atoms with Crippen molar-refractivity contribution >= 4 is 46.8 Å². The summed E-state index contributed by atoms with van der Waals surface area (Å²) < 4.78 is 5.93. The summed E-state index contributed by atoms with van der Waals surface area (Å²) in [6.07, 6.45) is 1.25. The number of hydrogen-bond donors (Lipinski definition) is 1. The van der Waals surface area contributed by atoms with Crippen LogP contribution < -0.4 is 5.32 Å². The van der Waals surface area contributed by atoms with E-state index in [4.69, 9.17) is 9.41 Å². The number of rotatable bonds is 7. The number of carbonyl (C=O) groups is 1. The molecule has 0 unspecified atom stereocenters. The van der Waals surface area contributed by atoms with Crippen molar-refractivity contribution in [1.29, 1.82) is 0 Å².